The maximum Gasteiger partial charge on any atom is 0.220 e. The fraction of sp³-hybridized carbons (Fsp3) is 0.476. The van der Waals surface area contributed by atoms with Gasteiger partial charge in [0.05, 0.1) is 24.7 Å². The van der Waals surface area contributed by atoms with Crippen LogP contribution in [0.4, 0.5) is 0 Å². The second-order valence-corrected chi connectivity index (χ2v) is 7.83. The molecule has 0 spiro atoms. The van der Waals surface area contributed by atoms with Gasteiger partial charge in [0, 0.05) is 22.6 Å². The molecule has 2 rings (SSSR count). The Morgan fingerprint density at radius 2 is 2.00 bits per heavy atom. The van der Waals surface area contributed by atoms with E-state index in [1.807, 2.05) is 37.6 Å². The van der Waals surface area contributed by atoms with Gasteiger partial charge < -0.3 is 5.32 Å². The van der Waals surface area contributed by atoms with Crippen LogP contribution < -0.4 is 5.32 Å². The van der Waals surface area contributed by atoms with Gasteiger partial charge >= 0.3 is 0 Å². The Hall–Kier alpha value is -2.13. The fourth-order valence-corrected chi connectivity index (χ4v) is 3.43. The number of nitrogens with zero attached hydrogens (tertiary/aromatic N) is 3. The number of aromatic nitrogens is 2. The van der Waals surface area contributed by atoms with E-state index in [-0.39, 0.29) is 11.9 Å². The van der Waals surface area contributed by atoms with Gasteiger partial charge in [-0.3, -0.25) is 9.48 Å². The first-order chi connectivity index (χ1) is 12.9. The molecule has 0 aliphatic heterocycles. The van der Waals surface area contributed by atoms with Crippen molar-refractivity contribution in [3.63, 3.8) is 0 Å². The fourth-order valence-electron chi connectivity index (χ4n) is 3.16. The standard InChI is InChI=1S/C21H27BrN4O/c1-15(5-6-18-7-9-19(22)10-8-18)24-21(27)12-11-20-16(2)25-26(17(20)3)14-4-13-23/h7-10,15H,4-6,11-12,14H2,1-3H3,(H,24,27). The third kappa shape index (κ3) is 6.51. The van der Waals surface area contributed by atoms with E-state index in [0.717, 1.165) is 34.3 Å². The summed E-state index contributed by atoms with van der Waals surface area (Å²) in [6, 6.07) is 10.6. The maximum atomic E-state index is 12.3. The van der Waals surface area contributed by atoms with Crippen LogP contribution in [0.1, 0.15) is 48.7 Å². The van der Waals surface area contributed by atoms with Crippen LogP contribution in [0.2, 0.25) is 0 Å². The molecule has 6 heteroatoms. The Labute approximate surface area is 169 Å². The lowest BCUT2D eigenvalue weighted by Crippen LogP contribution is -2.33. The van der Waals surface area contributed by atoms with Crippen LogP contribution in [0.15, 0.2) is 28.7 Å². The molecule has 0 fully saturated rings. The molecular formula is C21H27BrN4O. The summed E-state index contributed by atoms with van der Waals surface area (Å²) in [7, 11) is 0. The van der Waals surface area contributed by atoms with Gasteiger partial charge in [-0.25, -0.2) is 0 Å². The highest BCUT2D eigenvalue weighted by Crippen LogP contribution is 2.16. The molecule has 0 aliphatic rings. The van der Waals surface area contributed by atoms with Crippen LogP contribution in [0.5, 0.6) is 0 Å². The first-order valence-corrected chi connectivity index (χ1v) is 10.1. The van der Waals surface area contributed by atoms with E-state index < -0.39 is 0 Å². The summed E-state index contributed by atoms with van der Waals surface area (Å²) in [6.45, 7) is 6.62. The number of hydrogen-bond donors (Lipinski definition) is 1. The monoisotopic (exact) mass is 430 g/mol. The predicted molar refractivity (Wildman–Crippen MR) is 110 cm³/mol. The van der Waals surface area contributed by atoms with Gasteiger partial charge in [-0.05, 0) is 63.3 Å². The summed E-state index contributed by atoms with van der Waals surface area (Å²) in [5, 5.41) is 16.3. The van der Waals surface area contributed by atoms with Crippen molar-refractivity contribution in [3.8, 4) is 6.07 Å². The highest BCUT2D eigenvalue weighted by Gasteiger charge is 2.14. The summed E-state index contributed by atoms with van der Waals surface area (Å²) >= 11 is 3.44. The van der Waals surface area contributed by atoms with Crippen molar-refractivity contribution in [3.05, 3.63) is 51.3 Å². The van der Waals surface area contributed by atoms with Gasteiger partial charge in [0.15, 0.2) is 0 Å². The van der Waals surface area contributed by atoms with Gasteiger partial charge in [-0.15, -0.1) is 0 Å². The Morgan fingerprint density at radius 3 is 2.67 bits per heavy atom. The van der Waals surface area contributed by atoms with E-state index >= 15 is 0 Å². The number of aryl methyl sites for hydroxylation is 3. The Morgan fingerprint density at radius 1 is 1.30 bits per heavy atom. The lowest BCUT2D eigenvalue weighted by atomic mass is 10.1. The third-order valence-electron chi connectivity index (χ3n) is 4.76. The van der Waals surface area contributed by atoms with Crippen LogP contribution in [0, 0.1) is 25.2 Å². The number of benzene rings is 1. The molecule has 0 saturated heterocycles. The smallest absolute Gasteiger partial charge is 0.220 e. The number of nitriles is 1. The molecule has 0 saturated carbocycles. The highest BCUT2D eigenvalue weighted by atomic mass is 79.9. The number of rotatable bonds is 9. The SMILES string of the molecule is Cc1nn(CCC#N)c(C)c1CCC(=O)NC(C)CCc1ccc(Br)cc1. The quantitative estimate of drug-likeness (QED) is 0.646. The van der Waals surface area contributed by atoms with E-state index in [4.69, 9.17) is 5.26 Å². The summed E-state index contributed by atoms with van der Waals surface area (Å²) < 4.78 is 2.95. The Balaban J connectivity index is 1.79. The molecular weight excluding hydrogens is 404 g/mol. The normalized spacial score (nSPS) is 11.8. The van der Waals surface area contributed by atoms with Crippen LogP contribution in [-0.4, -0.2) is 21.7 Å². The predicted octanol–water partition coefficient (Wildman–Crippen LogP) is 4.25. The number of hydrogen-bond acceptors (Lipinski definition) is 3. The molecule has 1 heterocycles. The summed E-state index contributed by atoms with van der Waals surface area (Å²) in [6.07, 6.45) is 3.43. The minimum Gasteiger partial charge on any atom is -0.354 e. The summed E-state index contributed by atoms with van der Waals surface area (Å²) in [5.41, 5.74) is 4.39. The minimum absolute atomic E-state index is 0.0712. The topological polar surface area (TPSA) is 70.7 Å². The van der Waals surface area contributed by atoms with E-state index in [1.165, 1.54) is 5.56 Å². The molecule has 1 amide bonds. The maximum absolute atomic E-state index is 12.3. The molecule has 1 atom stereocenters. The van der Waals surface area contributed by atoms with Crippen molar-refractivity contribution in [2.75, 3.05) is 0 Å². The second kappa shape index (κ2) is 10.3. The lowest BCUT2D eigenvalue weighted by molar-refractivity contribution is -0.121. The minimum atomic E-state index is 0.0712. The first-order valence-electron chi connectivity index (χ1n) is 9.34. The summed E-state index contributed by atoms with van der Waals surface area (Å²) in [4.78, 5) is 12.3. The largest absolute Gasteiger partial charge is 0.354 e. The zero-order valence-corrected chi connectivity index (χ0v) is 17.8. The van der Waals surface area contributed by atoms with Gasteiger partial charge in [0.25, 0.3) is 0 Å². The van der Waals surface area contributed by atoms with Gasteiger partial charge in [0.2, 0.25) is 5.91 Å². The number of carbonyl (C=O) groups excluding carboxylic acids is 1. The molecule has 0 radical (unpaired) electrons. The molecule has 0 bridgehead atoms. The van der Waals surface area contributed by atoms with Crippen molar-refractivity contribution < 1.29 is 4.79 Å². The molecule has 27 heavy (non-hydrogen) atoms. The van der Waals surface area contributed by atoms with E-state index in [2.05, 4.69) is 44.5 Å². The lowest BCUT2D eigenvalue weighted by Gasteiger charge is -2.14. The number of amides is 1. The van der Waals surface area contributed by atoms with Crippen molar-refractivity contribution in [2.45, 2.75) is 65.5 Å². The molecule has 1 unspecified atom stereocenters. The molecule has 0 aliphatic carbocycles. The number of nitrogens with one attached hydrogen (secondary N) is 1. The zero-order chi connectivity index (χ0) is 19.8. The van der Waals surface area contributed by atoms with Crippen molar-refractivity contribution in [1.82, 2.24) is 15.1 Å². The molecule has 1 aromatic carbocycles. The second-order valence-electron chi connectivity index (χ2n) is 6.91. The van der Waals surface area contributed by atoms with Crippen LogP contribution in [0.3, 0.4) is 0 Å². The van der Waals surface area contributed by atoms with Gasteiger partial charge in [-0.1, -0.05) is 28.1 Å². The summed E-state index contributed by atoms with van der Waals surface area (Å²) in [5.74, 6) is 0.0712. The third-order valence-corrected chi connectivity index (χ3v) is 5.28. The Kier molecular flexibility index (Phi) is 8.05. The van der Waals surface area contributed by atoms with Crippen LogP contribution in [0.25, 0.3) is 0 Å². The average Bonchev–Trinajstić information content (AvgIpc) is 2.91. The molecule has 144 valence electrons. The van der Waals surface area contributed by atoms with Crippen LogP contribution in [-0.2, 0) is 24.2 Å². The molecule has 5 nitrogen and oxygen atoms in total. The van der Waals surface area contributed by atoms with Gasteiger partial charge in [0.1, 0.15) is 0 Å². The molecule has 2 aromatic rings. The highest BCUT2D eigenvalue weighted by molar-refractivity contribution is 9.10. The average molecular weight is 431 g/mol. The van der Waals surface area contributed by atoms with Crippen molar-refractivity contribution in [2.24, 2.45) is 0 Å². The first kappa shape index (κ1) is 21.2. The Bertz CT molecular complexity index is 805. The van der Waals surface area contributed by atoms with E-state index in [1.54, 1.807) is 0 Å². The molecule has 1 aromatic heterocycles. The van der Waals surface area contributed by atoms with Crippen LogP contribution >= 0.6 is 15.9 Å². The zero-order valence-electron chi connectivity index (χ0n) is 16.3. The number of halogens is 1. The van der Waals surface area contributed by atoms with Crippen molar-refractivity contribution in [1.29, 1.82) is 5.26 Å². The molecule has 1 N–H and O–H groups in total. The van der Waals surface area contributed by atoms with Crippen molar-refractivity contribution >= 4 is 21.8 Å². The van der Waals surface area contributed by atoms with Gasteiger partial charge in [-0.2, -0.15) is 10.4 Å². The van der Waals surface area contributed by atoms with E-state index in [9.17, 15) is 4.79 Å². The number of carbonyl (C=O) groups is 1. The van der Waals surface area contributed by atoms with E-state index in [0.29, 0.717) is 25.8 Å².